The molecule has 0 atom stereocenters. The van der Waals surface area contributed by atoms with Gasteiger partial charge in [-0.3, -0.25) is 4.79 Å². The number of aryl methyl sites for hydroxylation is 1. The fourth-order valence-corrected chi connectivity index (χ4v) is 3.50. The van der Waals surface area contributed by atoms with Gasteiger partial charge in [0.1, 0.15) is 0 Å². The van der Waals surface area contributed by atoms with Crippen LogP contribution in [0, 0.1) is 6.92 Å². The Balaban J connectivity index is 1.81. The van der Waals surface area contributed by atoms with Crippen molar-refractivity contribution in [3.8, 4) is 11.4 Å². The van der Waals surface area contributed by atoms with Gasteiger partial charge in [0.05, 0.1) is 4.53 Å². The molecule has 0 spiro atoms. The van der Waals surface area contributed by atoms with Crippen molar-refractivity contribution in [3.05, 3.63) is 79.6 Å². The van der Waals surface area contributed by atoms with Crippen molar-refractivity contribution in [2.45, 2.75) is 6.92 Å². The lowest BCUT2D eigenvalue weighted by Crippen LogP contribution is -2.23. The van der Waals surface area contributed by atoms with Crippen molar-refractivity contribution < 1.29 is 0 Å². The molecular weight excluding hydrogens is 342 g/mol. The average molecular weight is 354 g/mol. The van der Waals surface area contributed by atoms with Gasteiger partial charge < -0.3 is 0 Å². The Morgan fingerprint density at radius 2 is 1.96 bits per heavy atom. The van der Waals surface area contributed by atoms with Crippen molar-refractivity contribution in [1.29, 1.82) is 0 Å². The SMILES string of the molecule is Cc1ccc(/C=c2\sc3nc(-c4cccc(Cl)c4)nn3c2=O)cc1. The van der Waals surface area contributed by atoms with Crippen LogP contribution in [0.25, 0.3) is 22.4 Å². The summed E-state index contributed by atoms with van der Waals surface area (Å²) in [4.78, 5) is 17.6. The fraction of sp³-hybridized carbons (Fsp3) is 0.0556. The summed E-state index contributed by atoms with van der Waals surface area (Å²) in [5.74, 6) is 0.503. The topological polar surface area (TPSA) is 47.3 Å². The number of halogens is 1. The molecule has 2 heterocycles. The number of aromatic nitrogens is 3. The minimum absolute atomic E-state index is 0.156. The lowest BCUT2D eigenvalue weighted by Gasteiger charge is -1.94. The highest BCUT2D eigenvalue weighted by atomic mass is 35.5. The molecule has 4 aromatic rings. The molecule has 0 fully saturated rings. The summed E-state index contributed by atoms with van der Waals surface area (Å²) in [6.45, 7) is 2.03. The van der Waals surface area contributed by atoms with E-state index in [0.717, 1.165) is 11.1 Å². The summed E-state index contributed by atoms with van der Waals surface area (Å²) in [7, 11) is 0. The first-order valence-corrected chi connectivity index (χ1v) is 8.53. The Labute approximate surface area is 146 Å². The van der Waals surface area contributed by atoms with Gasteiger partial charge in [-0.15, -0.1) is 5.10 Å². The van der Waals surface area contributed by atoms with E-state index in [1.54, 1.807) is 12.1 Å². The van der Waals surface area contributed by atoms with Crippen molar-refractivity contribution in [2.24, 2.45) is 0 Å². The Kier molecular flexibility index (Phi) is 3.67. The van der Waals surface area contributed by atoms with Crippen LogP contribution in [0.2, 0.25) is 5.02 Å². The number of hydrogen-bond donors (Lipinski definition) is 0. The number of benzene rings is 2. The average Bonchev–Trinajstić information content (AvgIpc) is 3.10. The van der Waals surface area contributed by atoms with Crippen LogP contribution < -0.4 is 10.1 Å². The monoisotopic (exact) mass is 353 g/mol. The largest absolute Gasteiger partial charge is 0.291 e. The first-order valence-electron chi connectivity index (χ1n) is 7.34. The molecule has 0 saturated carbocycles. The highest BCUT2D eigenvalue weighted by Gasteiger charge is 2.12. The molecule has 0 radical (unpaired) electrons. The molecule has 0 aliphatic carbocycles. The standard InChI is InChI=1S/C18H12ClN3OS/c1-11-5-7-12(8-6-11)9-15-17(23)22-18(24-15)20-16(21-22)13-3-2-4-14(19)10-13/h2-10H,1H3/b15-9-. The van der Waals surface area contributed by atoms with Gasteiger partial charge >= 0.3 is 0 Å². The molecule has 2 aromatic heterocycles. The Hall–Kier alpha value is -2.50. The summed E-state index contributed by atoms with van der Waals surface area (Å²) in [6, 6.07) is 15.3. The fourth-order valence-electron chi connectivity index (χ4n) is 2.40. The predicted octanol–water partition coefficient (Wildman–Crippen LogP) is 3.33. The maximum absolute atomic E-state index is 12.5. The van der Waals surface area contributed by atoms with Crippen molar-refractivity contribution in [3.63, 3.8) is 0 Å². The van der Waals surface area contributed by atoms with Crippen LogP contribution in [-0.2, 0) is 0 Å². The van der Waals surface area contributed by atoms with Crippen LogP contribution in [0.3, 0.4) is 0 Å². The van der Waals surface area contributed by atoms with Gasteiger partial charge in [0.15, 0.2) is 5.82 Å². The number of hydrogen-bond acceptors (Lipinski definition) is 4. The Bertz CT molecular complexity index is 1150. The molecule has 2 aromatic carbocycles. The molecule has 0 saturated heterocycles. The highest BCUT2D eigenvalue weighted by Crippen LogP contribution is 2.20. The second-order valence-electron chi connectivity index (χ2n) is 5.47. The smallest absolute Gasteiger partial charge is 0.266 e. The first-order chi connectivity index (χ1) is 11.6. The maximum Gasteiger partial charge on any atom is 0.291 e. The third-order valence-electron chi connectivity index (χ3n) is 3.64. The van der Waals surface area contributed by atoms with Gasteiger partial charge in [-0.2, -0.15) is 9.50 Å². The number of nitrogens with zero attached hydrogens (tertiary/aromatic N) is 3. The van der Waals surface area contributed by atoms with E-state index in [-0.39, 0.29) is 5.56 Å². The predicted molar refractivity (Wildman–Crippen MR) is 97.5 cm³/mol. The zero-order valence-corrected chi connectivity index (χ0v) is 14.3. The summed E-state index contributed by atoms with van der Waals surface area (Å²) < 4.78 is 1.97. The number of rotatable bonds is 2. The van der Waals surface area contributed by atoms with E-state index in [9.17, 15) is 4.79 Å². The van der Waals surface area contributed by atoms with Crippen LogP contribution in [0.15, 0.2) is 53.3 Å². The molecule has 0 aliphatic rings. The van der Waals surface area contributed by atoms with Gasteiger partial charge in [-0.1, -0.05) is 64.9 Å². The summed E-state index contributed by atoms with van der Waals surface area (Å²) in [6.07, 6.45) is 1.86. The van der Waals surface area contributed by atoms with Crippen LogP contribution in [0.4, 0.5) is 0 Å². The molecular formula is C18H12ClN3OS. The second-order valence-corrected chi connectivity index (χ2v) is 6.91. The Morgan fingerprint density at radius 1 is 1.17 bits per heavy atom. The van der Waals surface area contributed by atoms with Crippen molar-refractivity contribution in [2.75, 3.05) is 0 Å². The lowest BCUT2D eigenvalue weighted by molar-refractivity contribution is 0.937. The van der Waals surface area contributed by atoms with E-state index in [4.69, 9.17) is 11.6 Å². The summed E-state index contributed by atoms with van der Waals surface area (Å²) >= 11 is 7.33. The van der Waals surface area contributed by atoms with E-state index in [0.29, 0.717) is 20.3 Å². The molecule has 0 amide bonds. The van der Waals surface area contributed by atoms with Gasteiger partial charge in [-0.05, 0) is 30.7 Å². The molecule has 0 N–H and O–H groups in total. The minimum Gasteiger partial charge on any atom is -0.266 e. The molecule has 0 unspecified atom stereocenters. The van der Waals surface area contributed by atoms with Crippen LogP contribution in [-0.4, -0.2) is 14.6 Å². The van der Waals surface area contributed by atoms with Gasteiger partial charge in [0.2, 0.25) is 4.96 Å². The third-order valence-corrected chi connectivity index (χ3v) is 4.83. The summed E-state index contributed by atoms with van der Waals surface area (Å²) in [5.41, 5.74) is 2.80. The summed E-state index contributed by atoms with van der Waals surface area (Å²) in [5, 5.41) is 4.94. The molecule has 24 heavy (non-hydrogen) atoms. The molecule has 6 heteroatoms. The van der Waals surface area contributed by atoms with Crippen molar-refractivity contribution >= 4 is 34.0 Å². The number of fused-ring (bicyclic) bond motifs is 1. The molecule has 0 aliphatic heterocycles. The molecule has 4 rings (SSSR count). The first kappa shape index (κ1) is 15.1. The normalized spacial score (nSPS) is 12.2. The van der Waals surface area contributed by atoms with E-state index in [1.807, 2.05) is 49.4 Å². The van der Waals surface area contributed by atoms with E-state index in [2.05, 4.69) is 10.1 Å². The van der Waals surface area contributed by atoms with Crippen LogP contribution in [0.5, 0.6) is 0 Å². The van der Waals surface area contributed by atoms with E-state index >= 15 is 0 Å². The quantitative estimate of drug-likeness (QED) is 0.555. The van der Waals surface area contributed by atoms with Gasteiger partial charge in [0, 0.05) is 10.6 Å². The third kappa shape index (κ3) is 2.72. The highest BCUT2D eigenvalue weighted by molar-refractivity contribution is 7.15. The second kappa shape index (κ2) is 5.85. The van der Waals surface area contributed by atoms with Gasteiger partial charge in [0.25, 0.3) is 5.56 Å². The van der Waals surface area contributed by atoms with Crippen LogP contribution >= 0.6 is 22.9 Å². The molecule has 118 valence electrons. The minimum atomic E-state index is -0.156. The number of thiazole rings is 1. The van der Waals surface area contributed by atoms with E-state index in [1.165, 1.54) is 21.4 Å². The zero-order chi connectivity index (χ0) is 16.7. The van der Waals surface area contributed by atoms with Crippen LogP contribution in [0.1, 0.15) is 11.1 Å². The van der Waals surface area contributed by atoms with Crippen molar-refractivity contribution in [1.82, 2.24) is 14.6 Å². The maximum atomic E-state index is 12.5. The zero-order valence-electron chi connectivity index (χ0n) is 12.7. The van der Waals surface area contributed by atoms with E-state index < -0.39 is 0 Å². The van der Waals surface area contributed by atoms with Gasteiger partial charge in [-0.25, -0.2) is 0 Å². The Morgan fingerprint density at radius 3 is 2.67 bits per heavy atom. The molecule has 0 bridgehead atoms. The lowest BCUT2D eigenvalue weighted by atomic mass is 10.1. The molecule has 4 nitrogen and oxygen atoms in total.